The van der Waals surface area contributed by atoms with Gasteiger partial charge in [-0.25, -0.2) is 0 Å². The maximum absolute atomic E-state index is 9.81. The van der Waals surface area contributed by atoms with E-state index in [0.29, 0.717) is 30.7 Å². The summed E-state index contributed by atoms with van der Waals surface area (Å²) in [5, 5.41) is 13.8. The molecule has 0 saturated heterocycles. The van der Waals surface area contributed by atoms with Crippen LogP contribution in [0.3, 0.4) is 0 Å². The van der Waals surface area contributed by atoms with Crippen molar-refractivity contribution in [3.05, 3.63) is 35.7 Å². The van der Waals surface area contributed by atoms with Crippen molar-refractivity contribution in [2.75, 3.05) is 13.6 Å². The largest absolute Gasteiger partial charge is 0.389 e. The van der Waals surface area contributed by atoms with Gasteiger partial charge in [0.2, 0.25) is 11.7 Å². The second-order valence-corrected chi connectivity index (χ2v) is 6.77. The summed E-state index contributed by atoms with van der Waals surface area (Å²) in [5.41, 5.74) is 1.49. The Hall–Kier alpha value is -1.72. The third-order valence-corrected chi connectivity index (χ3v) is 3.37. The molecule has 0 aliphatic rings. The van der Waals surface area contributed by atoms with Crippen LogP contribution in [-0.4, -0.2) is 39.3 Å². The van der Waals surface area contributed by atoms with E-state index in [1.165, 1.54) is 5.56 Å². The van der Waals surface area contributed by atoms with Crippen LogP contribution in [0.1, 0.15) is 45.1 Å². The molecule has 1 N–H and O–H groups in total. The molecule has 0 aliphatic heterocycles. The van der Waals surface area contributed by atoms with E-state index in [1.807, 2.05) is 24.1 Å². The van der Waals surface area contributed by atoms with Crippen LogP contribution >= 0.6 is 0 Å². The first kappa shape index (κ1) is 16.6. The van der Waals surface area contributed by atoms with E-state index in [4.69, 9.17) is 4.52 Å². The smallest absolute Gasteiger partial charge is 0.241 e. The molecule has 22 heavy (non-hydrogen) atoms. The van der Waals surface area contributed by atoms with Gasteiger partial charge in [0, 0.05) is 12.1 Å². The van der Waals surface area contributed by atoms with Crippen LogP contribution in [0.5, 0.6) is 0 Å². The highest BCUT2D eigenvalue weighted by atomic mass is 16.5. The second kappa shape index (κ2) is 6.58. The number of aliphatic hydroxyl groups is 1. The van der Waals surface area contributed by atoms with Crippen molar-refractivity contribution < 1.29 is 9.63 Å². The molecule has 5 heteroatoms. The van der Waals surface area contributed by atoms with E-state index < -0.39 is 5.60 Å². The SMILES string of the molecule is CC(C)c1ccc(-c2noc(CN(C)CC(C)(C)O)n2)cc1. The van der Waals surface area contributed by atoms with Crippen molar-refractivity contribution in [3.63, 3.8) is 0 Å². The van der Waals surface area contributed by atoms with E-state index in [2.05, 4.69) is 36.1 Å². The minimum absolute atomic E-state index is 0.505. The average molecular weight is 303 g/mol. The highest BCUT2D eigenvalue weighted by Gasteiger charge is 2.18. The number of hydrogen-bond acceptors (Lipinski definition) is 5. The van der Waals surface area contributed by atoms with Gasteiger partial charge in [0.05, 0.1) is 12.1 Å². The molecule has 1 aromatic carbocycles. The predicted molar refractivity (Wildman–Crippen MR) is 86.5 cm³/mol. The van der Waals surface area contributed by atoms with Crippen molar-refractivity contribution >= 4 is 0 Å². The number of benzene rings is 1. The van der Waals surface area contributed by atoms with Gasteiger partial charge in [-0.15, -0.1) is 0 Å². The van der Waals surface area contributed by atoms with Crippen LogP contribution in [0.4, 0.5) is 0 Å². The molecule has 0 radical (unpaired) electrons. The maximum atomic E-state index is 9.81. The summed E-state index contributed by atoms with van der Waals surface area (Å²) >= 11 is 0. The minimum Gasteiger partial charge on any atom is -0.389 e. The maximum Gasteiger partial charge on any atom is 0.241 e. The third kappa shape index (κ3) is 4.64. The van der Waals surface area contributed by atoms with E-state index >= 15 is 0 Å². The predicted octanol–water partition coefficient (Wildman–Crippen LogP) is 3.06. The van der Waals surface area contributed by atoms with Crippen molar-refractivity contribution in [2.24, 2.45) is 0 Å². The highest BCUT2D eigenvalue weighted by Crippen LogP contribution is 2.20. The summed E-state index contributed by atoms with van der Waals surface area (Å²) in [6, 6.07) is 8.22. The molecule has 1 heterocycles. The van der Waals surface area contributed by atoms with Gasteiger partial charge in [0.15, 0.2) is 0 Å². The molecule has 0 bridgehead atoms. The lowest BCUT2D eigenvalue weighted by molar-refractivity contribution is 0.0397. The van der Waals surface area contributed by atoms with Crippen molar-refractivity contribution in [1.82, 2.24) is 15.0 Å². The Morgan fingerprint density at radius 1 is 1.23 bits per heavy atom. The standard InChI is InChI=1S/C17H25N3O2/c1-12(2)13-6-8-14(9-7-13)16-18-15(22-19-16)10-20(5)11-17(3,4)21/h6-9,12,21H,10-11H2,1-5H3. The Bertz CT molecular complexity index is 597. The van der Waals surface area contributed by atoms with Gasteiger partial charge in [-0.05, 0) is 32.4 Å². The fourth-order valence-corrected chi connectivity index (χ4v) is 2.40. The summed E-state index contributed by atoms with van der Waals surface area (Å²) in [6.45, 7) is 8.94. The Morgan fingerprint density at radius 3 is 2.41 bits per heavy atom. The zero-order chi connectivity index (χ0) is 16.3. The Kier molecular flexibility index (Phi) is 4.98. The molecule has 1 aromatic heterocycles. The summed E-state index contributed by atoms with van der Waals surface area (Å²) in [7, 11) is 1.92. The normalized spacial score (nSPS) is 12.4. The van der Waals surface area contributed by atoms with Gasteiger partial charge in [-0.2, -0.15) is 4.98 Å². The molecule has 0 amide bonds. The Balaban J connectivity index is 2.05. The molecule has 2 aromatic rings. The van der Waals surface area contributed by atoms with E-state index in [9.17, 15) is 5.11 Å². The molecule has 0 unspecified atom stereocenters. The van der Waals surface area contributed by atoms with Crippen molar-refractivity contribution in [2.45, 2.75) is 45.8 Å². The van der Waals surface area contributed by atoms with Crippen LogP contribution in [0.2, 0.25) is 0 Å². The molecule has 0 saturated carbocycles. The molecular formula is C17H25N3O2. The number of hydrogen-bond donors (Lipinski definition) is 1. The topological polar surface area (TPSA) is 62.4 Å². The molecule has 0 aliphatic carbocycles. The van der Waals surface area contributed by atoms with E-state index in [1.54, 1.807) is 13.8 Å². The number of likely N-dealkylation sites (N-methyl/N-ethyl adjacent to an activating group) is 1. The Morgan fingerprint density at radius 2 is 1.86 bits per heavy atom. The van der Waals surface area contributed by atoms with Crippen molar-refractivity contribution in [1.29, 1.82) is 0 Å². The van der Waals surface area contributed by atoms with Gasteiger partial charge < -0.3 is 9.63 Å². The number of nitrogens with zero attached hydrogens (tertiary/aromatic N) is 3. The average Bonchev–Trinajstić information content (AvgIpc) is 2.85. The van der Waals surface area contributed by atoms with Gasteiger partial charge >= 0.3 is 0 Å². The van der Waals surface area contributed by atoms with Crippen LogP contribution in [0.15, 0.2) is 28.8 Å². The molecule has 0 spiro atoms. The first-order valence-electron chi connectivity index (χ1n) is 7.58. The zero-order valence-electron chi connectivity index (χ0n) is 14.0. The lowest BCUT2D eigenvalue weighted by atomic mass is 10.0. The summed E-state index contributed by atoms with van der Waals surface area (Å²) in [6.07, 6.45) is 0. The molecule has 0 fully saturated rings. The van der Waals surface area contributed by atoms with Crippen LogP contribution in [0, 0.1) is 0 Å². The van der Waals surface area contributed by atoms with Crippen LogP contribution in [0.25, 0.3) is 11.4 Å². The minimum atomic E-state index is -0.746. The monoisotopic (exact) mass is 303 g/mol. The molecular weight excluding hydrogens is 278 g/mol. The lowest BCUT2D eigenvalue weighted by Gasteiger charge is -2.23. The zero-order valence-corrected chi connectivity index (χ0v) is 14.0. The van der Waals surface area contributed by atoms with Gasteiger partial charge in [0.1, 0.15) is 0 Å². The molecule has 5 nitrogen and oxygen atoms in total. The second-order valence-electron chi connectivity index (χ2n) is 6.77. The summed E-state index contributed by atoms with van der Waals surface area (Å²) in [5.74, 6) is 1.65. The molecule has 0 atom stereocenters. The molecule has 2 rings (SSSR count). The van der Waals surface area contributed by atoms with Gasteiger partial charge in [0.25, 0.3) is 0 Å². The first-order chi connectivity index (χ1) is 10.2. The summed E-state index contributed by atoms with van der Waals surface area (Å²) < 4.78 is 5.30. The molecule has 120 valence electrons. The van der Waals surface area contributed by atoms with Crippen molar-refractivity contribution in [3.8, 4) is 11.4 Å². The van der Waals surface area contributed by atoms with Crippen LogP contribution in [-0.2, 0) is 6.54 Å². The fraction of sp³-hybridized carbons (Fsp3) is 0.529. The first-order valence-corrected chi connectivity index (χ1v) is 7.58. The van der Waals surface area contributed by atoms with Gasteiger partial charge in [-0.3, -0.25) is 4.90 Å². The quantitative estimate of drug-likeness (QED) is 0.888. The highest BCUT2D eigenvalue weighted by molar-refractivity contribution is 5.54. The number of aromatic nitrogens is 2. The van der Waals surface area contributed by atoms with E-state index in [0.717, 1.165) is 5.56 Å². The Labute approximate surface area is 132 Å². The van der Waals surface area contributed by atoms with E-state index in [-0.39, 0.29) is 0 Å². The fourth-order valence-electron chi connectivity index (χ4n) is 2.40. The third-order valence-electron chi connectivity index (χ3n) is 3.37. The summed E-state index contributed by atoms with van der Waals surface area (Å²) in [4.78, 5) is 6.38. The number of rotatable bonds is 6. The lowest BCUT2D eigenvalue weighted by Crippen LogP contribution is -2.35. The van der Waals surface area contributed by atoms with Gasteiger partial charge in [-0.1, -0.05) is 43.3 Å². The van der Waals surface area contributed by atoms with Crippen LogP contribution < -0.4 is 0 Å².